The lowest BCUT2D eigenvalue weighted by atomic mass is 10.0. The predicted molar refractivity (Wildman–Crippen MR) is 66.8 cm³/mol. The van der Waals surface area contributed by atoms with Crippen molar-refractivity contribution in [1.29, 1.82) is 0 Å². The van der Waals surface area contributed by atoms with Crippen LogP contribution in [0.15, 0.2) is 34.5 Å². The van der Waals surface area contributed by atoms with Gasteiger partial charge in [-0.05, 0) is 23.6 Å². The number of anilines is 1. The molecule has 96 valence electrons. The van der Waals surface area contributed by atoms with Gasteiger partial charge in [0, 0.05) is 5.69 Å². The van der Waals surface area contributed by atoms with Crippen molar-refractivity contribution in [3.8, 4) is 0 Å². The van der Waals surface area contributed by atoms with Crippen LogP contribution in [0, 0.1) is 0 Å². The van der Waals surface area contributed by atoms with Crippen LogP contribution in [0.4, 0.5) is 15.3 Å². The largest absolute Gasteiger partial charge is 0.452 e. The minimum atomic E-state index is -0.916. The number of carbonyl (C=O) groups excluding carboxylic acids is 2. The minimum Gasteiger partial charge on any atom is -0.450 e. The third-order valence-electron chi connectivity index (χ3n) is 2.23. The zero-order chi connectivity index (χ0) is 13.5. The van der Waals surface area contributed by atoms with E-state index in [0.717, 1.165) is 7.11 Å². The lowest BCUT2D eigenvalue weighted by Gasteiger charge is -2.06. The third kappa shape index (κ3) is 4.32. The van der Waals surface area contributed by atoms with Crippen LogP contribution in [-0.2, 0) is 4.74 Å². The van der Waals surface area contributed by atoms with Gasteiger partial charge in [0.2, 0.25) is 0 Å². The number of nitrogens with zero attached hydrogens (tertiary/aromatic N) is 2. The maximum atomic E-state index is 11.3. The zero-order valence-electron chi connectivity index (χ0n) is 10.5. The molecule has 0 spiro atoms. The zero-order valence-corrected chi connectivity index (χ0v) is 10.5. The summed E-state index contributed by atoms with van der Waals surface area (Å²) < 4.78 is 4.21. The Bertz CT molecular complexity index is 452. The molecule has 0 unspecified atom stereocenters. The molecular formula is C12H15N3O3. The maximum absolute atomic E-state index is 11.3. The lowest BCUT2D eigenvalue weighted by Crippen LogP contribution is -2.06. The van der Waals surface area contributed by atoms with Gasteiger partial charge in [-0.3, -0.25) is 0 Å². The fraction of sp³-hybridized carbons (Fsp3) is 0.333. The van der Waals surface area contributed by atoms with Gasteiger partial charge in [0.25, 0.3) is 0 Å². The number of urea groups is 1. The summed E-state index contributed by atoms with van der Waals surface area (Å²) in [5.41, 5.74) is 1.76. The molecule has 1 N–H and O–H groups in total. The number of amides is 3. The predicted octanol–water partition coefficient (Wildman–Crippen LogP) is 3.56. The van der Waals surface area contributed by atoms with Gasteiger partial charge in [0.15, 0.2) is 0 Å². The van der Waals surface area contributed by atoms with E-state index in [0.29, 0.717) is 11.6 Å². The molecule has 0 heterocycles. The van der Waals surface area contributed by atoms with E-state index in [2.05, 4.69) is 34.1 Å². The standard InChI is InChI=1S/C12H15N3O3/c1-8(2)9-4-6-10(7-5-9)13-11(16)14-15-12(17)18-3/h4-8H,1-3H3,(H,13,16). The highest BCUT2D eigenvalue weighted by Crippen LogP contribution is 2.17. The summed E-state index contributed by atoms with van der Waals surface area (Å²) in [4.78, 5) is 21.9. The topological polar surface area (TPSA) is 80.1 Å². The van der Waals surface area contributed by atoms with Crippen molar-refractivity contribution >= 4 is 17.8 Å². The molecule has 0 fully saturated rings. The Morgan fingerprint density at radius 3 is 2.28 bits per heavy atom. The molecule has 1 aromatic carbocycles. The molecule has 0 aliphatic carbocycles. The van der Waals surface area contributed by atoms with E-state index in [1.165, 1.54) is 5.56 Å². The van der Waals surface area contributed by atoms with E-state index >= 15 is 0 Å². The fourth-order valence-electron chi connectivity index (χ4n) is 1.23. The first kappa shape index (κ1) is 13.8. The van der Waals surface area contributed by atoms with Crippen molar-refractivity contribution in [1.82, 2.24) is 0 Å². The number of methoxy groups -OCH3 is 1. The van der Waals surface area contributed by atoms with Gasteiger partial charge in [0.05, 0.1) is 7.11 Å². The molecule has 3 amide bonds. The number of hydrogen-bond acceptors (Lipinski definition) is 3. The smallest absolute Gasteiger partial charge is 0.450 e. The first-order valence-electron chi connectivity index (χ1n) is 5.43. The molecule has 0 radical (unpaired) electrons. The van der Waals surface area contributed by atoms with Crippen LogP contribution >= 0.6 is 0 Å². The molecule has 0 aromatic heterocycles. The van der Waals surface area contributed by atoms with E-state index in [4.69, 9.17) is 0 Å². The first-order valence-corrected chi connectivity index (χ1v) is 5.43. The fourth-order valence-corrected chi connectivity index (χ4v) is 1.23. The SMILES string of the molecule is COC(=O)N=NC(=O)Nc1ccc(C(C)C)cc1. The summed E-state index contributed by atoms with van der Waals surface area (Å²) in [6.07, 6.45) is -0.916. The molecule has 0 atom stereocenters. The Hall–Kier alpha value is -2.24. The van der Waals surface area contributed by atoms with Crippen molar-refractivity contribution in [2.75, 3.05) is 12.4 Å². The molecule has 18 heavy (non-hydrogen) atoms. The van der Waals surface area contributed by atoms with Crippen LogP contribution in [0.3, 0.4) is 0 Å². The van der Waals surface area contributed by atoms with Gasteiger partial charge in [-0.1, -0.05) is 36.2 Å². The lowest BCUT2D eigenvalue weighted by molar-refractivity contribution is 0.180. The molecule has 6 nitrogen and oxygen atoms in total. The number of benzene rings is 1. The Kier molecular flexibility index (Phi) is 4.98. The van der Waals surface area contributed by atoms with Crippen LogP contribution in [-0.4, -0.2) is 19.2 Å². The number of nitrogens with one attached hydrogen (secondary N) is 1. The van der Waals surface area contributed by atoms with Crippen LogP contribution in [0.25, 0.3) is 0 Å². The van der Waals surface area contributed by atoms with E-state index in [-0.39, 0.29) is 0 Å². The van der Waals surface area contributed by atoms with E-state index < -0.39 is 12.1 Å². The normalized spacial score (nSPS) is 10.7. The molecule has 1 aromatic rings. The van der Waals surface area contributed by atoms with E-state index in [9.17, 15) is 9.59 Å². The average molecular weight is 249 g/mol. The molecular weight excluding hydrogens is 234 g/mol. The number of hydrogen-bond donors (Lipinski definition) is 1. The maximum Gasteiger partial charge on any atom is 0.452 e. The Balaban J connectivity index is 2.60. The highest BCUT2D eigenvalue weighted by molar-refractivity contribution is 5.90. The summed E-state index contributed by atoms with van der Waals surface area (Å²) in [6.45, 7) is 4.16. The summed E-state index contributed by atoms with van der Waals surface area (Å²) in [5, 5.41) is 8.66. The van der Waals surface area contributed by atoms with Gasteiger partial charge in [-0.15, -0.1) is 0 Å². The molecule has 0 saturated heterocycles. The number of carbonyl (C=O) groups is 2. The second-order valence-electron chi connectivity index (χ2n) is 3.88. The van der Waals surface area contributed by atoms with Crippen LogP contribution in [0.1, 0.15) is 25.3 Å². The molecule has 0 aliphatic rings. The van der Waals surface area contributed by atoms with Crippen LogP contribution < -0.4 is 5.32 Å². The average Bonchev–Trinajstić information content (AvgIpc) is 2.36. The molecule has 6 heteroatoms. The van der Waals surface area contributed by atoms with E-state index in [1.54, 1.807) is 12.1 Å². The summed E-state index contributed by atoms with van der Waals surface area (Å²) in [6, 6.07) is 6.63. The van der Waals surface area contributed by atoms with Gasteiger partial charge in [-0.25, -0.2) is 9.59 Å². The van der Waals surface area contributed by atoms with Crippen molar-refractivity contribution < 1.29 is 14.3 Å². The molecule has 0 saturated carbocycles. The second-order valence-corrected chi connectivity index (χ2v) is 3.88. The first-order chi connectivity index (χ1) is 8.52. The van der Waals surface area contributed by atoms with Gasteiger partial charge in [0.1, 0.15) is 0 Å². The van der Waals surface area contributed by atoms with E-state index in [1.807, 2.05) is 12.1 Å². The van der Waals surface area contributed by atoms with Gasteiger partial charge in [-0.2, -0.15) is 0 Å². The van der Waals surface area contributed by atoms with Crippen molar-refractivity contribution in [3.63, 3.8) is 0 Å². The summed E-state index contributed by atoms with van der Waals surface area (Å²) in [5.74, 6) is 0.425. The van der Waals surface area contributed by atoms with Crippen LogP contribution in [0.5, 0.6) is 0 Å². The molecule has 1 rings (SSSR count). The van der Waals surface area contributed by atoms with Gasteiger partial charge < -0.3 is 10.1 Å². The quantitative estimate of drug-likeness (QED) is 0.813. The van der Waals surface area contributed by atoms with Crippen LogP contribution in [0.2, 0.25) is 0 Å². The highest BCUT2D eigenvalue weighted by Gasteiger charge is 2.03. The molecule has 0 bridgehead atoms. The van der Waals surface area contributed by atoms with Crippen molar-refractivity contribution in [3.05, 3.63) is 29.8 Å². The minimum absolute atomic E-state index is 0.425. The van der Waals surface area contributed by atoms with Crippen molar-refractivity contribution in [2.45, 2.75) is 19.8 Å². The Morgan fingerprint density at radius 1 is 1.17 bits per heavy atom. The van der Waals surface area contributed by atoms with Gasteiger partial charge >= 0.3 is 12.1 Å². The summed E-state index contributed by atoms with van der Waals surface area (Å²) in [7, 11) is 1.16. The second kappa shape index (κ2) is 6.48. The monoisotopic (exact) mass is 249 g/mol. The number of rotatable bonds is 2. The number of ether oxygens (including phenoxy) is 1. The Labute approximate surface area is 105 Å². The number of azo groups is 1. The third-order valence-corrected chi connectivity index (χ3v) is 2.23. The molecule has 0 aliphatic heterocycles. The van der Waals surface area contributed by atoms with Crippen molar-refractivity contribution in [2.24, 2.45) is 10.2 Å². The highest BCUT2D eigenvalue weighted by atomic mass is 16.5. The Morgan fingerprint density at radius 2 is 1.78 bits per heavy atom. The summed E-state index contributed by atoms with van der Waals surface area (Å²) >= 11 is 0.